The standard InChI is InChI=1S/C17H22N4O/c1-3-15-14(20-17(22)19-13-8-6-9-13)11-18-21(15)16-10-5-4-7-12(16)2/h4-5,7,10-11,13H,3,6,8-9H2,1-2H3,(H2,19,20,22). The number of nitrogens with zero attached hydrogens (tertiary/aromatic N) is 2. The molecule has 1 heterocycles. The molecule has 0 radical (unpaired) electrons. The highest BCUT2D eigenvalue weighted by atomic mass is 16.2. The first-order valence-corrected chi connectivity index (χ1v) is 7.89. The molecule has 1 fully saturated rings. The van der Waals surface area contributed by atoms with Crippen LogP contribution in [0.4, 0.5) is 10.5 Å². The highest BCUT2D eigenvalue weighted by Crippen LogP contribution is 2.23. The summed E-state index contributed by atoms with van der Waals surface area (Å²) in [7, 11) is 0. The van der Waals surface area contributed by atoms with Crippen molar-refractivity contribution < 1.29 is 4.79 Å². The average Bonchev–Trinajstić information content (AvgIpc) is 2.86. The highest BCUT2D eigenvalue weighted by Gasteiger charge is 2.20. The fourth-order valence-electron chi connectivity index (χ4n) is 2.72. The van der Waals surface area contributed by atoms with Gasteiger partial charge in [0.15, 0.2) is 0 Å². The van der Waals surface area contributed by atoms with Crippen LogP contribution in [0.25, 0.3) is 5.69 Å². The van der Waals surface area contributed by atoms with Gasteiger partial charge in [-0.25, -0.2) is 9.48 Å². The second-order valence-electron chi connectivity index (χ2n) is 5.78. The molecule has 1 aliphatic rings. The summed E-state index contributed by atoms with van der Waals surface area (Å²) in [6.07, 6.45) is 5.89. The number of benzene rings is 1. The summed E-state index contributed by atoms with van der Waals surface area (Å²) >= 11 is 0. The lowest BCUT2D eigenvalue weighted by molar-refractivity contribution is 0.240. The first kappa shape index (κ1) is 14.6. The molecule has 0 unspecified atom stereocenters. The Hall–Kier alpha value is -2.30. The average molecular weight is 298 g/mol. The van der Waals surface area contributed by atoms with Gasteiger partial charge in [-0.15, -0.1) is 0 Å². The van der Waals surface area contributed by atoms with Crippen molar-refractivity contribution in [1.82, 2.24) is 15.1 Å². The molecule has 116 valence electrons. The molecule has 0 bridgehead atoms. The fourth-order valence-corrected chi connectivity index (χ4v) is 2.72. The van der Waals surface area contributed by atoms with Gasteiger partial charge in [0.2, 0.25) is 0 Å². The zero-order chi connectivity index (χ0) is 15.5. The molecule has 1 aliphatic carbocycles. The van der Waals surface area contributed by atoms with E-state index in [9.17, 15) is 4.79 Å². The summed E-state index contributed by atoms with van der Waals surface area (Å²) in [5.74, 6) is 0. The van der Waals surface area contributed by atoms with Gasteiger partial charge in [0.05, 0.1) is 23.3 Å². The second-order valence-corrected chi connectivity index (χ2v) is 5.78. The minimum absolute atomic E-state index is 0.135. The van der Waals surface area contributed by atoms with Gasteiger partial charge in [-0.1, -0.05) is 25.1 Å². The van der Waals surface area contributed by atoms with Gasteiger partial charge in [0, 0.05) is 6.04 Å². The van der Waals surface area contributed by atoms with Crippen LogP contribution in [-0.4, -0.2) is 21.9 Å². The number of anilines is 1. The van der Waals surface area contributed by atoms with Crippen LogP contribution in [0.3, 0.4) is 0 Å². The van der Waals surface area contributed by atoms with E-state index < -0.39 is 0 Å². The lowest BCUT2D eigenvalue weighted by Crippen LogP contribution is -2.41. The SMILES string of the molecule is CCc1c(NC(=O)NC2CCC2)cnn1-c1ccccc1C. The molecule has 2 aromatic rings. The van der Waals surface area contributed by atoms with Crippen LogP contribution in [0.2, 0.25) is 0 Å². The molecule has 3 rings (SSSR count). The zero-order valence-electron chi connectivity index (χ0n) is 13.1. The number of carbonyl (C=O) groups excluding carboxylic acids is 1. The number of para-hydroxylation sites is 1. The number of aryl methyl sites for hydroxylation is 1. The molecule has 0 spiro atoms. The van der Waals surface area contributed by atoms with Crippen molar-refractivity contribution in [2.45, 2.75) is 45.6 Å². The normalized spacial score (nSPS) is 14.5. The van der Waals surface area contributed by atoms with Crippen molar-refractivity contribution in [2.24, 2.45) is 0 Å². The van der Waals surface area contributed by atoms with E-state index in [2.05, 4.69) is 35.6 Å². The van der Waals surface area contributed by atoms with Gasteiger partial charge in [-0.05, 0) is 44.2 Å². The van der Waals surface area contributed by atoms with Crippen LogP contribution in [-0.2, 0) is 6.42 Å². The lowest BCUT2D eigenvalue weighted by Gasteiger charge is -2.26. The number of nitrogens with one attached hydrogen (secondary N) is 2. The minimum Gasteiger partial charge on any atom is -0.335 e. The Balaban J connectivity index is 1.81. The van der Waals surface area contributed by atoms with Gasteiger partial charge in [-0.2, -0.15) is 5.10 Å². The topological polar surface area (TPSA) is 59.0 Å². The van der Waals surface area contributed by atoms with Crippen molar-refractivity contribution in [1.29, 1.82) is 0 Å². The third kappa shape index (κ3) is 2.84. The summed E-state index contributed by atoms with van der Waals surface area (Å²) in [4.78, 5) is 12.0. The Labute approximate surface area is 130 Å². The maximum atomic E-state index is 12.0. The minimum atomic E-state index is -0.135. The molecule has 1 aromatic carbocycles. The van der Waals surface area contributed by atoms with Crippen molar-refractivity contribution >= 4 is 11.7 Å². The molecular weight excluding hydrogens is 276 g/mol. The van der Waals surface area contributed by atoms with Crippen molar-refractivity contribution in [3.63, 3.8) is 0 Å². The van der Waals surface area contributed by atoms with Gasteiger partial charge in [0.25, 0.3) is 0 Å². The largest absolute Gasteiger partial charge is 0.335 e. The predicted octanol–water partition coefficient (Wildman–Crippen LogP) is 3.42. The Morgan fingerprint density at radius 1 is 1.36 bits per heavy atom. The van der Waals surface area contributed by atoms with E-state index in [0.717, 1.165) is 41.9 Å². The monoisotopic (exact) mass is 298 g/mol. The number of carbonyl (C=O) groups is 1. The lowest BCUT2D eigenvalue weighted by atomic mass is 9.93. The molecule has 22 heavy (non-hydrogen) atoms. The molecule has 5 heteroatoms. The number of rotatable bonds is 4. The molecule has 0 aliphatic heterocycles. The number of aromatic nitrogens is 2. The Morgan fingerprint density at radius 3 is 2.77 bits per heavy atom. The fraction of sp³-hybridized carbons (Fsp3) is 0.412. The molecule has 0 atom stereocenters. The second kappa shape index (κ2) is 6.22. The molecule has 0 saturated heterocycles. The van der Waals surface area contributed by atoms with Gasteiger partial charge >= 0.3 is 6.03 Å². The quantitative estimate of drug-likeness (QED) is 0.908. The van der Waals surface area contributed by atoms with Crippen molar-refractivity contribution in [3.05, 3.63) is 41.7 Å². The van der Waals surface area contributed by atoms with Gasteiger partial charge in [0.1, 0.15) is 0 Å². The van der Waals surface area contributed by atoms with Crippen LogP contribution in [0, 0.1) is 6.92 Å². The zero-order valence-corrected chi connectivity index (χ0v) is 13.1. The summed E-state index contributed by atoms with van der Waals surface area (Å²) in [6, 6.07) is 8.31. The number of amides is 2. The number of hydrogen-bond acceptors (Lipinski definition) is 2. The summed E-state index contributed by atoms with van der Waals surface area (Å²) in [5.41, 5.74) is 4.00. The Morgan fingerprint density at radius 2 is 2.14 bits per heavy atom. The van der Waals surface area contributed by atoms with Crippen LogP contribution in [0.15, 0.2) is 30.5 Å². The molecule has 2 N–H and O–H groups in total. The van der Waals surface area contributed by atoms with E-state index in [4.69, 9.17) is 0 Å². The summed E-state index contributed by atoms with van der Waals surface area (Å²) < 4.78 is 1.91. The van der Waals surface area contributed by atoms with E-state index in [-0.39, 0.29) is 6.03 Å². The van der Waals surface area contributed by atoms with Crippen molar-refractivity contribution in [2.75, 3.05) is 5.32 Å². The van der Waals surface area contributed by atoms with E-state index in [1.807, 2.05) is 22.9 Å². The third-order valence-electron chi connectivity index (χ3n) is 4.24. The van der Waals surface area contributed by atoms with Crippen LogP contribution in [0.5, 0.6) is 0 Å². The Bertz CT molecular complexity index is 673. The van der Waals surface area contributed by atoms with Crippen LogP contribution < -0.4 is 10.6 Å². The summed E-state index contributed by atoms with van der Waals surface area (Å²) in [5, 5.41) is 10.4. The smallest absolute Gasteiger partial charge is 0.319 e. The maximum absolute atomic E-state index is 12.0. The maximum Gasteiger partial charge on any atom is 0.319 e. The molecule has 1 aromatic heterocycles. The number of hydrogen-bond donors (Lipinski definition) is 2. The first-order chi connectivity index (χ1) is 10.7. The molecule has 2 amide bonds. The highest BCUT2D eigenvalue weighted by molar-refractivity contribution is 5.90. The third-order valence-corrected chi connectivity index (χ3v) is 4.24. The number of urea groups is 1. The Kier molecular flexibility index (Phi) is 4.13. The van der Waals surface area contributed by atoms with Crippen LogP contribution in [0.1, 0.15) is 37.4 Å². The predicted molar refractivity (Wildman–Crippen MR) is 87.5 cm³/mol. The first-order valence-electron chi connectivity index (χ1n) is 7.89. The van der Waals surface area contributed by atoms with E-state index in [1.165, 1.54) is 6.42 Å². The van der Waals surface area contributed by atoms with E-state index >= 15 is 0 Å². The van der Waals surface area contributed by atoms with E-state index in [1.54, 1.807) is 6.20 Å². The summed E-state index contributed by atoms with van der Waals surface area (Å²) in [6.45, 7) is 4.13. The van der Waals surface area contributed by atoms with Gasteiger partial charge < -0.3 is 10.6 Å². The molecular formula is C17H22N4O. The van der Waals surface area contributed by atoms with Gasteiger partial charge in [-0.3, -0.25) is 0 Å². The molecule has 1 saturated carbocycles. The van der Waals surface area contributed by atoms with E-state index in [0.29, 0.717) is 6.04 Å². The van der Waals surface area contributed by atoms with Crippen molar-refractivity contribution in [3.8, 4) is 5.69 Å². The van der Waals surface area contributed by atoms with Crippen LogP contribution >= 0.6 is 0 Å². The molecule has 5 nitrogen and oxygen atoms in total.